The summed E-state index contributed by atoms with van der Waals surface area (Å²) < 4.78 is 1.83. The van der Waals surface area contributed by atoms with Crippen molar-refractivity contribution in [1.82, 2.24) is 9.47 Å². The third-order valence-electron chi connectivity index (χ3n) is 6.27. The second kappa shape index (κ2) is 7.34. The molecule has 4 rings (SSSR count). The van der Waals surface area contributed by atoms with Crippen LogP contribution in [0.25, 0.3) is 10.9 Å². The van der Waals surface area contributed by atoms with Crippen LogP contribution in [0.2, 0.25) is 0 Å². The quantitative estimate of drug-likeness (QED) is 0.788. The van der Waals surface area contributed by atoms with Gasteiger partial charge in [0.25, 0.3) is 0 Å². The molecule has 1 amide bonds. The van der Waals surface area contributed by atoms with E-state index >= 15 is 0 Å². The average molecular weight is 385 g/mol. The van der Waals surface area contributed by atoms with Gasteiger partial charge in [0.2, 0.25) is 11.8 Å². The summed E-state index contributed by atoms with van der Waals surface area (Å²) in [6.07, 6.45) is 7.22. The maximum absolute atomic E-state index is 12.7. The largest absolute Gasteiger partial charge is 0.338 e. The van der Waals surface area contributed by atoms with Crippen molar-refractivity contribution < 1.29 is 9.59 Å². The number of benzene rings is 1. The summed E-state index contributed by atoms with van der Waals surface area (Å²) in [5, 5.41) is 1.26. The Morgan fingerprint density at radius 2 is 1.96 bits per heavy atom. The minimum absolute atomic E-state index is 0.134. The highest BCUT2D eigenvalue weighted by Crippen LogP contribution is 2.46. The van der Waals surface area contributed by atoms with Gasteiger partial charge in [-0.1, -0.05) is 26.0 Å². The van der Waals surface area contributed by atoms with Gasteiger partial charge in [0, 0.05) is 42.9 Å². The molecule has 0 spiro atoms. The molecule has 0 radical (unpaired) electrons. The number of carbonyl (C=O) groups excluding carboxylic acids is 2. The number of aromatic nitrogens is 1. The van der Waals surface area contributed by atoms with Gasteiger partial charge in [0.05, 0.1) is 5.52 Å². The van der Waals surface area contributed by atoms with E-state index in [1.165, 1.54) is 16.5 Å². The highest BCUT2D eigenvalue weighted by Gasteiger charge is 2.42. The number of hydrogen-bond donors (Lipinski definition) is 0. The molecule has 5 heteroatoms. The Morgan fingerprint density at radius 3 is 2.67 bits per heavy atom. The monoisotopic (exact) mass is 384 g/mol. The van der Waals surface area contributed by atoms with Crippen molar-refractivity contribution in [3.8, 4) is 0 Å². The number of nitrogens with zero attached hydrogens (tertiary/aromatic N) is 2. The molecule has 3 atom stereocenters. The molecule has 2 heterocycles. The Bertz CT molecular complexity index is 888. The van der Waals surface area contributed by atoms with Crippen LogP contribution >= 0.6 is 11.8 Å². The number of carbonyl (C=O) groups is 2. The maximum Gasteiger partial charge on any atom is 0.230 e. The summed E-state index contributed by atoms with van der Waals surface area (Å²) in [5.41, 5.74) is 3.59. The number of thioether (sulfide) groups is 1. The van der Waals surface area contributed by atoms with Gasteiger partial charge in [0.1, 0.15) is 0 Å². The zero-order valence-corrected chi connectivity index (χ0v) is 17.2. The number of fused-ring (bicyclic) bond motifs is 2. The fraction of sp³-hybridized carbons (Fsp3) is 0.545. The van der Waals surface area contributed by atoms with Crippen molar-refractivity contribution in [2.24, 2.45) is 5.92 Å². The van der Waals surface area contributed by atoms with Gasteiger partial charge in [-0.2, -0.15) is 11.8 Å². The fourth-order valence-corrected chi connectivity index (χ4v) is 5.83. The minimum atomic E-state index is 0.134. The standard InChI is InChI=1S/C22H28N2O2S/c1-4-20(25)23-11-14(13-27-3)9-17-16-7-6-8-18-22(16)15(10-19(17)23)12-24(18)21(26)5-2/h6-8,12,14,17,19H,4-5,9-11,13H2,1-3H3. The first-order valence-corrected chi connectivity index (χ1v) is 11.4. The van der Waals surface area contributed by atoms with E-state index in [9.17, 15) is 9.59 Å². The van der Waals surface area contributed by atoms with Crippen LogP contribution in [-0.2, 0) is 11.2 Å². The maximum atomic E-state index is 12.7. The van der Waals surface area contributed by atoms with Gasteiger partial charge in [-0.15, -0.1) is 0 Å². The van der Waals surface area contributed by atoms with Gasteiger partial charge >= 0.3 is 0 Å². The molecule has 2 aromatic rings. The van der Waals surface area contributed by atoms with Crippen molar-refractivity contribution >= 4 is 34.5 Å². The first kappa shape index (κ1) is 18.6. The predicted octanol–water partition coefficient (Wildman–Crippen LogP) is 4.32. The van der Waals surface area contributed by atoms with Gasteiger partial charge in [-0.25, -0.2) is 0 Å². The molecule has 1 saturated heterocycles. The Balaban J connectivity index is 1.83. The third-order valence-corrected chi connectivity index (χ3v) is 7.08. The summed E-state index contributed by atoms with van der Waals surface area (Å²) in [6.45, 7) is 4.74. The van der Waals surface area contributed by atoms with E-state index in [4.69, 9.17) is 0 Å². The minimum Gasteiger partial charge on any atom is -0.338 e. The van der Waals surface area contributed by atoms with Crippen LogP contribution in [0, 0.1) is 5.92 Å². The average Bonchev–Trinajstić information content (AvgIpc) is 3.07. The van der Waals surface area contributed by atoms with Crippen molar-refractivity contribution in [2.75, 3.05) is 18.6 Å². The highest BCUT2D eigenvalue weighted by atomic mass is 32.2. The smallest absolute Gasteiger partial charge is 0.230 e. The molecule has 0 saturated carbocycles. The summed E-state index contributed by atoms with van der Waals surface area (Å²) in [7, 11) is 0. The van der Waals surface area contributed by atoms with E-state index in [2.05, 4.69) is 29.4 Å². The summed E-state index contributed by atoms with van der Waals surface area (Å²) in [4.78, 5) is 27.3. The lowest BCUT2D eigenvalue weighted by Crippen LogP contribution is -2.52. The van der Waals surface area contributed by atoms with E-state index in [0.717, 1.165) is 30.7 Å². The topological polar surface area (TPSA) is 42.3 Å². The van der Waals surface area contributed by atoms with Crippen molar-refractivity contribution in [1.29, 1.82) is 0 Å². The predicted molar refractivity (Wildman–Crippen MR) is 112 cm³/mol. The van der Waals surface area contributed by atoms with E-state index < -0.39 is 0 Å². The van der Waals surface area contributed by atoms with E-state index in [1.807, 2.05) is 36.4 Å². The van der Waals surface area contributed by atoms with Crippen LogP contribution in [-0.4, -0.2) is 45.9 Å². The Labute approximate surface area is 165 Å². The molecule has 2 aliphatic rings. The summed E-state index contributed by atoms with van der Waals surface area (Å²) >= 11 is 1.87. The van der Waals surface area contributed by atoms with Crippen LogP contribution in [0.5, 0.6) is 0 Å². The molecule has 27 heavy (non-hydrogen) atoms. The van der Waals surface area contributed by atoms with Crippen molar-refractivity contribution in [3.63, 3.8) is 0 Å². The lowest BCUT2D eigenvalue weighted by molar-refractivity contribution is -0.136. The Hall–Kier alpha value is -1.75. The zero-order valence-electron chi connectivity index (χ0n) is 16.4. The molecule has 1 aliphatic heterocycles. The molecule has 144 valence electrons. The van der Waals surface area contributed by atoms with Gasteiger partial charge in [-0.05, 0) is 48.0 Å². The number of likely N-dealkylation sites (tertiary alicyclic amines) is 1. The van der Waals surface area contributed by atoms with E-state index in [1.54, 1.807) is 0 Å². The molecule has 0 N–H and O–H groups in total. The van der Waals surface area contributed by atoms with Crippen LogP contribution in [0.4, 0.5) is 0 Å². The van der Waals surface area contributed by atoms with Gasteiger partial charge < -0.3 is 4.90 Å². The Kier molecular flexibility index (Phi) is 5.06. The SMILES string of the molecule is CCC(=O)N1CC(CSC)CC2c3cccc4c3c(cn4C(=O)CC)CC21. The van der Waals surface area contributed by atoms with Crippen molar-refractivity contribution in [3.05, 3.63) is 35.5 Å². The molecule has 3 unspecified atom stereocenters. The molecule has 4 nitrogen and oxygen atoms in total. The number of piperidine rings is 1. The lowest BCUT2D eigenvalue weighted by Gasteiger charge is -2.47. The second-order valence-electron chi connectivity index (χ2n) is 7.85. The molecule has 1 aromatic heterocycles. The number of amides is 1. The van der Waals surface area contributed by atoms with Crippen LogP contribution in [0.3, 0.4) is 0 Å². The van der Waals surface area contributed by atoms with Crippen LogP contribution in [0.15, 0.2) is 24.4 Å². The molecule has 1 fully saturated rings. The summed E-state index contributed by atoms with van der Waals surface area (Å²) in [5.74, 6) is 2.39. The lowest BCUT2D eigenvalue weighted by atomic mass is 9.72. The summed E-state index contributed by atoms with van der Waals surface area (Å²) in [6, 6.07) is 6.58. The highest BCUT2D eigenvalue weighted by molar-refractivity contribution is 7.98. The van der Waals surface area contributed by atoms with Crippen molar-refractivity contribution in [2.45, 2.75) is 51.5 Å². The first-order chi connectivity index (χ1) is 13.1. The third kappa shape index (κ3) is 3.00. The molecular formula is C22H28N2O2S. The number of hydrogen-bond acceptors (Lipinski definition) is 3. The molecule has 1 aromatic carbocycles. The Morgan fingerprint density at radius 1 is 1.19 bits per heavy atom. The first-order valence-electron chi connectivity index (χ1n) is 10.0. The molecule has 1 aliphatic carbocycles. The molecule has 0 bridgehead atoms. The molecular weight excluding hydrogens is 356 g/mol. The fourth-order valence-electron chi connectivity index (χ4n) is 5.12. The van der Waals surface area contributed by atoms with Gasteiger partial charge in [-0.3, -0.25) is 14.2 Å². The van der Waals surface area contributed by atoms with E-state index in [0.29, 0.717) is 24.7 Å². The van der Waals surface area contributed by atoms with Gasteiger partial charge in [0.15, 0.2) is 0 Å². The second-order valence-corrected chi connectivity index (χ2v) is 8.76. The zero-order chi connectivity index (χ0) is 19.1. The van der Waals surface area contributed by atoms with E-state index in [-0.39, 0.29) is 17.9 Å². The normalized spacial score (nSPS) is 24.1. The van der Waals surface area contributed by atoms with Crippen LogP contribution in [0.1, 0.15) is 54.9 Å². The van der Waals surface area contributed by atoms with Crippen LogP contribution < -0.4 is 0 Å². The number of rotatable bonds is 4.